The van der Waals surface area contributed by atoms with Gasteiger partial charge < -0.3 is 9.97 Å². The van der Waals surface area contributed by atoms with E-state index in [1.807, 2.05) is 0 Å². The van der Waals surface area contributed by atoms with Crippen LogP contribution >= 0.6 is 15.9 Å². The van der Waals surface area contributed by atoms with Crippen LogP contribution in [0.25, 0.3) is 11.0 Å². The monoisotopic (exact) mass is 266 g/mol. The predicted molar refractivity (Wildman–Crippen MR) is 61.1 cm³/mol. The highest BCUT2D eigenvalue weighted by molar-refractivity contribution is 9.10. The number of hydrogen-bond donors (Lipinski definition) is 2. The third kappa shape index (κ3) is 1.66. The molecule has 2 N–H and O–H groups in total. The minimum Gasteiger partial charge on any atom is -0.306 e. The van der Waals surface area contributed by atoms with E-state index in [-0.39, 0.29) is 11.5 Å². The molecular weight excluding hydrogens is 260 g/mol. The maximum Gasteiger partial charge on any atom is 0.323 e. The quantitative estimate of drug-likeness (QED) is 0.645. The van der Waals surface area contributed by atoms with Gasteiger partial charge in [0.05, 0.1) is 11.0 Å². The molecule has 2 aromatic rings. The number of rotatable bonds is 2. The maximum atomic E-state index is 11.4. The zero-order chi connectivity index (χ0) is 11.0. The molecule has 0 amide bonds. The van der Waals surface area contributed by atoms with Gasteiger partial charge in [-0.1, -0.05) is 6.58 Å². The highest BCUT2D eigenvalue weighted by Crippen LogP contribution is 2.22. The largest absolute Gasteiger partial charge is 0.323 e. The van der Waals surface area contributed by atoms with Crippen molar-refractivity contribution in [3.63, 3.8) is 0 Å². The number of hydrogen-bond acceptors (Lipinski definition) is 2. The number of carbonyl (C=O) groups is 1. The molecule has 76 valence electrons. The Hall–Kier alpha value is -1.62. The number of ketones is 1. The van der Waals surface area contributed by atoms with Crippen molar-refractivity contribution in [2.75, 3.05) is 0 Å². The average Bonchev–Trinajstić information content (AvgIpc) is 2.55. The Morgan fingerprint density at radius 1 is 1.33 bits per heavy atom. The summed E-state index contributed by atoms with van der Waals surface area (Å²) in [5.74, 6) is -0.189. The molecule has 0 aliphatic heterocycles. The summed E-state index contributed by atoms with van der Waals surface area (Å²) in [6.45, 7) is 3.41. The molecule has 0 saturated heterocycles. The number of nitrogens with one attached hydrogen (secondary N) is 2. The third-order valence-electron chi connectivity index (χ3n) is 2.05. The molecule has 0 bridgehead atoms. The molecule has 0 unspecified atom stereocenters. The van der Waals surface area contributed by atoms with Gasteiger partial charge in [0.15, 0.2) is 5.78 Å². The molecule has 0 spiro atoms. The Morgan fingerprint density at radius 2 is 1.93 bits per heavy atom. The lowest BCUT2D eigenvalue weighted by molar-refractivity contribution is 0.104. The maximum absolute atomic E-state index is 11.4. The first kappa shape index (κ1) is 9.92. The number of fused-ring (bicyclic) bond motifs is 1. The molecule has 15 heavy (non-hydrogen) atoms. The minimum atomic E-state index is -0.292. The van der Waals surface area contributed by atoms with Gasteiger partial charge in [-0.3, -0.25) is 4.79 Å². The highest BCUT2D eigenvalue weighted by atomic mass is 79.9. The summed E-state index contributed by atoms with van der Waals surface area (Å²) in [5.41, 5.74) is 1.45. The van der Waals surface area contributed by atoms with Gasteiger partial charge >= 0.3 is 5.69 Å². The predicted octanol–water partition coefficient (Wildman–Crippen LogP) is 1.99. The van der Waals surface area contributed by atoms with E-state index in [1.165, 1.54) is 6.08 Å². The molecule has 0 radical (unpaired) electrons. The fraction of sp³-hybridized carbons (Fsp3) is 0. The van der Waals surface area contributed by atoms with E-state index in [4.69, 9.17) is 0 Å². The second-order valence-electron chi connectivity index (χ2n) is 3.03. The number of aromatic nitrogens is 2. The number of halogens is 1. The van der Waals surface area contributed by atoms with Gasteiger partial charge in [-0.2, -0.15) is 0 Å². The number of H-pyrrole nitrogens is 2. The van der Waals surface area contributed by atoms with E-state index in [9.17, 15) is 9.59 Å². The van der Waals surface area contributed by atoms with Crippen molar-refractivity contribution in [3.05, 3.63) is 45.3 Å². The molecule has 0 aliphatic carbocycles. The SMILES string of the molecule is C=CC(=O)c1cc2[nH]c(=O)[nH]c2cc1Br. The molecule has 0 atom stereocenters. The van der Waals surface area contributed by atoms with Gasteiger partial charge in [-0.05, 0) is 34.1 Å². The van der Waals surface area contributed by atoms with Crippen molar-refractivity contribution in [1.82, 2.24) is 9.97 Å². The first-order valence-electron chi connectivity index (χ1n) is 4.20. The fourth-order valence-electron chi connectivity index (χ4n) is 1.35. The number of aromatic amines is 2. The Kier molecular flexibility index (Phi) is 2.32. The lowest BCUT2D eigenvalue weighted by Crippen LogP contribution is -1.99. The summed E-state index contributed by atoms with van der Waals surface area (Å²) >= 11 is 3.26. The standard InChI is InChI=1S/C10H7BrN2O2/c1-2-9(14)5-3-7-8(4-6(5)11)13-10(15)12-7/h2-4H,1H2,(H2,12,13,15). The summed E-state index contributed by atoms with van der Waals surface area (Å²) in [4.78, 5) is 27.6. The zero-order valence-corrected chi connectivity index (χ0v) is 9.22. The van der Waals surface area contributed by atoms with Crippen LogP contribution in [0.5, 0.6) is 0 Å². The highest BCUT2D eigenvalue weighted by Gasteiger charge is 2.09. The molecular formula is C10H7BrN2O2. The van der Waals surface area contributed by atoms with Crippen LogP contribution in [-0.4, -0.2) is 15.8 Å². The van der Waals surface area contributed by atoms with Gasteiger partial charge in [0.25, 0.3) is 0 Å². The first-order valence-corrected chi connectivity index (χ1v) is 4.99. The van der Waals surface area contributed by atoms with Gasteiger partial charge in [-0.15, -0.1) is 0 Å². The Balaban J connectivity index is 2.76. The summed E-state index contributed by atoms with van der Waals surface area (Å²) < 4.78 is 0.634. The van der Waals surface area contributed by atoms with Gasteiger partial charge in [0.2, 0.25) is 0 Å². The van der Waals surface area contributed by atoms with Gasteiger partial charge in [0.1, 0.15) is 0 Å². The lowest BCUT2D eigenvalue weighted by atomic mass is 10.1. The van der Waals surface area contributed by atoms with Gasteiger partial charge in [0, 0.05) is 10.0 Å². The molecule has 0 saturated carbocycles. The molecule has 0 fully saturated rings. The van der Waals surface area contributed by atoms with Gasteiger partial charge in [-0.25, -0.2) is 4.79 Å². The van der Waals surface area contributed by atoms with Crippen LogP contribution in [0.4, 0.5) is 0 Å². The summed E-state index contributed by atoms with van der Waals surface area (Å²) in [6, 6.07) is 3.30. The Bertz CT molecular complexity index is 609. The van der Waals surface area contributed by atoms with Crippen LogP contribution in [0.3, 0.4) is 0 Å². The number of allylic oxidation sites excluding steroid dienone is 1. The first-order chi connectivity index (χ1) is 7.11. The van der Waals surface area contributed by atoms with Crippen LogP contribution in [0.15, 0.2) is 34.1 Å². The number of benzene rings is 1. The lowest BCUT2D eigenvalue weighted by Gasteiger charge is -1.99. The summed E-state index contributed by atoms with van der Waals surface area (Å²) in [7, 11) is 0. The molecule has 5 heteroatoms. The summed E-state index contributed by atoms with van der Waals surface area (Å²) in [6.07, 6.45) is 1.23. The Morgan fingerprint density at radius 3 is 2.53 bits per heavy atom. The smallest absolute Gasteiger partial charge is 0.306 e. The van der Waals surface area contributed by atoms with E-state index < -0.39 is 0 Å². The van der Waals surface area contributed by atoms with Crippen molar-refractivity contribution in [2.45, 2.75) is 0 Å². The van der Waals surface area contributed by atoms with Crippen LogP contribution < -0.4 is 5.69 Å². The average molecular weight is 267 g/mol. The van der Waals surface area contributed by atoms with Crippen molar-refractivity contribution < 1.29 is 4.79 Å². The molecule has 1 heterocycles. The van der Waals surface area contributed by atoms with Crippen molar-refractivity contribution in [1.29, 1.82) is 0 Å². The topological polar surface area (TPSA) is 65.7 Å². The van der Waals surface area contributed by atoms with E-state index in [1.54, 1.807) is 12.1 Å². The zero-order valence-electron chi connectivity index (χ0n) is 7.63. The molecule has 1 aromatic carbocycles. The van der Waals surface area contributed by atoms with Crippen LogP contribution in [0, 0.1) is 0 Å². The van der Waals surface area contributed by atoms with Crippen LogP contribution in [0.1, 0.15) is 10.4 Å². The van der Waals surface area contributed by atoms with Crippen molar-refractivity contribution in [3.8, 4) is 0 Å². The van der Waals surface area contributed by atoms with E-state index in [0.717, 1.165) is 0 Å². The van der Waals surface area contributed by atoms with E-state index >= 15 is 0 Å². The van der Waals surface area contributed by atoms with E-state index in [2.05, 4.69) is 32.5 Å². The molecule has 1 aromatic heterocycles. The van der Waals surface area contributed by atoms with Crippen LogP contribution in [-0.2, 0) is 0 Å². The minimum absolute atomic E-state index is 0.189. The molecule has 4 nitrogen and oxygen atoms in total. The fourth-order valence-corrected chi connectivity index (χ4v) is 1.89. The second kappa shape index (κ2) is 3.51. The number of imidazole rings is 1. The summed E-state index contributed by atoms with van der Waals surface area (Å²) in [5, 5.41) is 0. The van der Waals surface area contributed by atoms with Crippen LogP contribution in [0.2, 0.25) is 0 Å². The van der Waals surface area contributed by atoms with E-state index in [0.29, 0.717) is 21.1 Å². The second-order valence-corrected chi connectivity index (χ2v) is 3.88. The molecule has 0 aliphatic rings. The normalized spacial score (nSPS) is 10.5. The third-order valence-corrected chi connectivity index (χ3v) is 2.71. The van der Waals surface area contributed by atoms with Crippen molar-refractivity contribution >= 4 is 32.7 Å². The Labute approximate surface area is 93.1 Å². The van der Waals surface area contributed by atoms with Crippen molar-refractivity contribution in [2.24, 2.45) is 0 Å². The number of carbonyl (C=O) groups excluding carboxylic acids is 1. The molecule has 2 rings (SSSR count).